The van der Waals surface area contributed by atoms with Crippen molar-refractivity contribution in [3.8, 4) is 0 Å². The summed E-state index contributed by atoms with van der Waals surface area (Å²) in [6, 6.07) is 5.97. The summed E-state index contributed by atoms with van der Waals surface area (Å²) in [5.74, 6) is -0.319. The molecular formula is C24H26FN2O3+. The van der Waals surface area contributed by atoms with E-state index in [0.29, 0.717) is 17.2 Å². The minimum absolute atomic E-state index is 0.0593. The fraction of sp³-hybridized carbons (Fsp3) is 0.375. The smallest absolute Gasteiger partial charge is 0.455 e. The van der Waals surface area contributed by atoms with Gasteiger partial charge in [0.05, 0.1) is 0 Å². The molecule has 1 fully saturated rings. The van der Waals surface area contributed by atoms with Crippen molar-refractivity contribution < 1.29 is 23.3 Å². The van der Waals surface area contributed by atoms with E-state index in [-0.39, 0.29) is 36.0 Å². The van der Waals surface area contributed by atoms with Gasteiger partial charge in [0.2, 0.25) is 24.1 Å². The number of fused-ring (bicyclic) bond motifs is 1. The zero-order chi connectivity index (χ0) is 21.1. The van der Waals surface area contributed by atoms with Crippen LogP contribution in [0, 0.1) is 11.7 Å². The number of rotatable bonds is 4. The summed E-state index contributed by atoms with van der Waals surface area (Å²) in [4.78, 5) is 25.9. The van der Waals surface area contributed by atoms with Gasteiger partial charge < -0.3 is 10.1 Å². The molecule has 1 saturated carbocycles. The normalized spacial score (nSPS) is 27.1. The minimum Gasteiger partial charge on any atom is -0.465 e. The molecule has 2 amide bonds. The molecule has 0 bridgehead atoms. The van der Waals surface area contributed by atoms with Crippen molar-refractivity contribution in [2.45, 2.75) is 44.8 Å². The number of amides is 2. The second kappa shape index (κ2) is 8.78. The second-order valence-corrected chi connectivity index (χ2v) is 8.09. The number of hydrogen-bond acceptors (Lipinski definition) is 3. The molecular weight excluding hydrogens is 383 g/mol. The number of nitrogens with zero attached hydrogens (tertiary/aromatic N) is 1. The molecule has 2 aliphatic carbocycles. The zero-order valence-electron chi connectivity index (χ0n) is 17.0. The first-order valence-corrected chi connectivity index (χ1v) is 10.5. The predicted octanol–water partition coefficient (Wildman–Crippen LogP) is 3.37. The van der Waals surface area contributed by atoms with Crippen molar-refractivity contribution >= 4 is 23.6 Å². The van der Waals surface area contributed by atoms with Crippen LogP contribution in [0.5, 0.6) is 0 Å². The first-order valence-electron chi connectivity index (χ1n) is 10.5. The van der Waals surface area contributed by atoms with Crippen LogP contribution in [-0.2, 0) is 14.3 Å². The average Bonchev–Trinajstić information content (AvgIpc) is 2.74. The zero-order valence-corrected chi connectivity index (χ0v) is 17.0. The number of benzene rings is 1. The molecule has 6 heteroatoms. The molecule has 0 saturated heterocycles. The van der Waals surface area contributed by atoms with Gasteiger partial charge in [0.1, 0.15) is 5.82 Å². The first kappa shape index (κ1) is 20.3. The van der Waals surface area contributed by atoms with E-state index in [0.717, 1.165) is 19.3 Å². The van der Waals surface area contributed by atoms with Crippen LogP contribution >= 0.6 is 0 Å². The summed E-state index contributed by atoms with van der Waals surface area (Å²) < 4.78 is 20.6. The Balaban J connectivity index is 1.57. The van der Waals surface area contributed by atoms with Gasteiger partial charge in [-0.2, -0.15) is 0 Å². The predicted molar refractivity (Wildman–Crippen MR) is 112 cm³/mol. The van der Waals surface area contributed by atoms with Gasteiger partial charge in [0, 0.05) is 12.1 Å². The lowest BCUT2D eigenvalue weighted by Crippen LogP contribution is -2.49. The van der Waals surface area contributed by atoms with Gasteiger partial charge in [-0.05, 0) is 48.6 Å². The second-order valence-electron chi connectivity index (χ2n) is 8.09. The number of allylic oxidation sites excluding steroid dienone is 2. The lowest BCUT2D eigenvalue weighted by Gasteiger charge is -2.29. The van der Waals surface area contributed by atoms with Crippen LogP contribution in [0.15, 0.2) is 54.3 Å². The summed E-state index contributed by atoms with van der Waals surface area (Å²) in [7, 11) is 0. The van der Waals surface area contributed by atoms with E-state index in [1.807, 2.05) is 18.2 Å². The molecule has 3 atom stereocenters. The summed E-state index contributed by atoms with van der Waals surface area (Å²) in [6.45, 7) is 2.10. The Morgan fingerprint density at radius 1 is 1.23 bits per heavy atom. The first-order chi connectivity index (χ1) is 14.5. The molecule has 30 heavy (non-hydrogen) atoms. The molecule has 1 N–H and O–H groups in total. The van der Waals surface area contributed by atoms with Gasteiger partial charge in [-0.1, -0.05) is 44.1 Å². The number of carbonyl (C=O) groups excluding carboxylic acids is 2. The van der Waals surface area contributed by atoms with E-state index in [2.05, 4.69) is 12.2 Å². The molecule has 1 heterocycles. The van der Waals surface area contributed by atoms with Gasteiger partial charge in [-0.15, -0.1) is 4.58 Å². The Bertz CT molecular complexity index is 959. The van der Waals surface area contributed by atoms with Crippen molar-refractivity contribution in [2.75, 3.05) is 6.54 Å². The number of ether oxygens (including phenoxy) is 1. The van der Waals surface area contributed by atoms with Crippen LogP contribution in [0.3, 0.4) is 0 Å². The van der Waals surface area contributed by atoms with Crippen molar-refractivity contribution in [2.24, 2.45) is 5.92 Å². The molecule has 0 radical (unpaired) electrons. The third-order valence-corrected chi connectivity index (χ3v) is 5.90. The van der Waals surface area contributed by atoms with Gasteiger partial charge in [-0.25, -0.2) is 9.18 Å². The molecule has 4 rings (SSSR count). The van der Waals surface area contributed by atoms with Crippen LogP contribution < -0.4 is 5.32 Å². The SMILES string of the molecule is CC1CCCCC1NC(=O)C[N+]1=C2C=CC=CC2O/C(=C/c2ccc(F)cc2)C1=O. The third kappa shape index (κ3) is 4.42. The van der Waals surface area contributed by atoms with Gasteiger partial charge in [0.25, 0.3) is 5.91 Å². The quantitative estimate of drug-likeness (QED) is 0.613. The maximum atomic E-state index is 13.2. The van der Waals surface area contributed by atoms with Crippen molar-refractivity contribution in [3.63, 3.8) is 0 Å². The van der Waals surface area contributed by atoms with E-state index in [1.165, 1.54) is 23.1 Å². The number of nitrogens with one attached hydrogen (secondary N) is 1. The number of carbonyl (C=O) groups is 2. The van der Waals surface area contributed by atoms with E-state index in [1.54, 1.807) is 24.3 Å². The van der Waals surface area contributed by atoms with Crippen molar-refractivity contribution in [3.05, 3.63) is 65.7 Å². The Labute approximate surface area is 175 Å². The topological polar surface area (TPSA) is 58.4 Å². The maximum absolute atomic E-state index is 13.2. The highest BCUT2D eigenvalue weighted by Gasteiger charge is 2.41. The van der Waals surface area contributed by atoms with Crippen molar-refractivity contribution in [1.29, 1.82) is 0 Å². The van der Waals surface area contributed by atoms with Gasteiger partial charge >= 0.3 is 5.91 Å². The number of halogens is 1. The van der Waals surface area contributed by atoms with Crippen LogP contribution in [-0.4, -0.2) is 40.8 Å². The highest BCUT2D eigenvalue weighted by molar-refractivity contribution is 6.06. The van der Waals surface area contributed by atoms with E-state index in [4.69, 9.17) is 4.74 Å². The summed E-state index contributed by atoms with van der Waals surface area (Å²) >= 11 is 0. The van der Waals surface area contributed by atoms with Crippen LogP contribution in [0.25, 0.3) is 6.08 Å². The largest absolute Gasteiger partial charge is 0.465 e. The minimum atomic E-state index is -0.444. The lowest BCUT2D eigenvalue weighted by molar-refractivity contribution is -0.443. The van der Waals surface area contributed by atoms with E-state index < -0.39 is 6.10 Å². The Hall–Kier alpha value is -3.02. The van der Waals surface area contributed by atoms with Gasteiger partial charge in [0.15, 0.2) is 0 Å². The third-order valence-electron chi connectivity index (χ3n) is 5.90. The molecule has 1 aliphatic heterocycles. The molecule has 3 unspecified atom stereocenters. The summed E-state index contributed by atoms with van der Waals surface area (Å²) in [6.07, 6.45) is 12.8. The van der Waals surface area contributed by atoms with Crippen LogP contribution in [0.4, 0.5) is 4.39 Å². The fourth-order valence-corrected chi connectivity index (χ4v) is 4.19. The Morgan fingerprint density at radius 2 is 2.00 bits per heavy atom. The summed E-state index contributed by atoms with van der Waals surface area (Å²) in [5, 5.41) is 3.11. The highest BCUT2D eigenvalue weighted by atomic mass is 19.1. The highest BCUT2D eigenvalue weighted by Crippen LogP contribution is 2.24. The Kier molecular flexibility index (Phi) is 5.93. The van der Waals surface area contributed by atoms with E-state index >= 15 is 0 Å². The monoisotopic (exact) mass is 409 g/mol. The Morgan fingerprint density at radius 3 is 2.77 bits per heavy atom. The fourth-order valence-electron chi connectivity index (χ4n) is 4.19. The lowest BCUT2D eigenvalue weighted by atomic mass is 9.86. The van der Waals surface area contributed by atoms with Gasteiger partial charge in [-0.3, -0.25) is 4.79 Å². The molecule has 0 aromatic heterocycles. The number of hydrogen-bond donors (Lipinski definition) is 1. The maximum Gasteiger partial charge on any atom is 0.455 e. The molecule has 156 valence electrons. The van der Waals surface area contributed by atoms with Crippen LogP contribution in [0.2, 0.25) is 0 Å². The molecule has 5 nitrogen and oxygen atoms in total. The molecule has 1 aromatic rings. The summed E-state index contributed by atoms with van der Waals surface area (Å²) in [5.41, 5.74) is 1.30. The molecule has 3 aliphatic rings. The molecule has 1 aromatic carbocycles. The van der Waals surface area contributed by atoms with E-state index in [9.17, 15) is 14.0 Å². The van der Waals surface area contributed by atoms with Crippen LogP contribution in [0.1, 0.15) is 38.2 Å². The van der Waals surface area contributed by atoms with Crippen molar-refractivity contribution in [1.82, 2.24) is 5.32 Å². The average molecular weight is 409 g/mol. The molecule has 0 spiro atoms. The standard InChI is InChI=1S/C24H25FN2O3/c1-16-6-2-3-7-19(16)26-23(28)15-27-20-8-4-5-9-21(20)30-22(24(27)29)14-17-10-12-18(25)13-11-17/h4-5,8-14,16,19,21H,2-3,6-7,15H2,1H3/p+1/b22-14+.